The molecule has 0 aliphatic rings. The highest BCUT2D eigenvalue weighted by Crippen LogP contribution is 2.31. The molecule has 24 heavy (non-hydrogen) atoms. The fourth-order valence-corrected chi connectivity index (χ4v) is 2.26. The molecular weight excluding hydrogens is 308 g/mol. The standard InChI is InChI=1S/C16H18N6O2/c1-3-24-13-8-10(4-5-12(13)23-2)14(17)16-20-15(21-22-16)11-9-18-6-7-19-11/h4-9,14H,3,17H2,1-2H3,(H,20,21,22)/t14-/m1/s1. The maximum Gasteiger partial charge on any atom is 0.201 e. The van der Waals surface area contributed by atoms with Gasteiger partial charge in [-0.3, -0.25) is 10.1 Å². The van der Waals surface area contributed by atoms with E-state index in [-0.39, 0.29) is 0 Å². The molecule has 2 aromatic heterocycles. The number of hydrogen-bond acceptors (Lipinski definition) is 7. The molecule has 1 aromatic carbocycles. The summed E-state index contributed by atoms with van der Waals surface area (Å²) in [7, 11) is 1.60. The Morgan fingerprint density at radius 2 is 2.12 bits per heavy atom. The van der Waals surface area contributed by atoms with Gasteiger partial charge in [0.15, 0.2) is 11.5 Å². The van der Waals surface area contributed by atoms with Crippen LogP contribution in [-0.4, -0.2) is 38.9 Å². The molecule has 0 unspecified atom stereocenters. The zero-order valence-electron chi connectivity index (χ0n) is 13.4. The van der Waals surface area contributed by atoms with E-state index in [0.29, 0.717) is 35.4 Å². The van der Waals surface area contributed by atoms with Gasteiger partial charge in [-0.05, 0) is 24.6 Å². The molecule has 0 saturated carbocycles. The summed E-state index contributed by atoms with van der Waals surface area (Å²) in [5.74, 6) is 2.28. The van der Waals surface area contributed by atoms with E-state index in [9.17, 15) is 0 Å². The average Bonchev–Trinajstić information content (AvgIpc) is 3.12. The lowest BCUT2D eigenvalue weighted by Crippen LogP contribution is -2.14. The number of aromatic amines is 1. The van der Waals surface area contributed by atoms with Crippen molar-refractivity contribution >= 4 is 0 Å². The molecule has 0 aliphatic carbocycles. The first-order chi connectivity index (χ1) is 11.7. The SMILES string of the molecule is CCOc1cc([C@@H](N)c2nc(-c3cnccn3)n[nH]2)ccc1OC. The van der Waals surface area contributed by atoms with Crippen LogP contribution >= 0.6 is 0 Å². The molecule has 124 valence electrons. The molecule has 8 nitrogen and oxygen atoms in total. The Bertz CT molecular complexity index is 805. The number of ether oxygens (including phenoxy) is 2. The topological polar surface area (TPSA) is 112 Å². The minimum atomic E-state index is -0.479. The highest BCUT2D eigenvalue weighted by molar-refractivity contribution is 5.47. The molecule has 0 amide bonds. The molecule has 3 aromatic rings. The summed E-state index contributed by atoms with van der Waals surface area (Å²) in [4.78, 5) is 12.6. The Balaban J connectivity index is 1.88. The summed E-state index contributed by atoms with van der Waals surface area (Å²) in [6.45, 7) is 2.45. The van der Waals surface area contributed by atoms with E-state index in [1.54, 1.807) is 25.7 Å². The molecule has 3 rings (SSSR count). The molecule has 8 heteroatoms. The van der Waals surface area contributed by atoms with Crippen LogP contribution in [0.2, 0.25) is 0 Å². The minimum Gasteiger partial charge on any atom is -0.493 e. The Morgan fingerprint density at radius 3 is 2.83 bits per heavy atom. The van der Waals surface area contributed by atoms with Gasteiger partial charge in [0.25, 0.3) is 0 Å². The smallest absolute Gasteiger partial charge is 0.201 e. The minimum absolute atomic E-state index is 0.451. The van der Waals surface area contributed by atoms with Crippen molar-refractivity contribution in [1.29, 1.82) is 0 Å². The molecule has 0 bridgehead atoms. The van der Waals surface area contributed by atoms with E-state index in [1.807, 2.05) is 25.1 Å². The van der Waals surface area contributed by atoms with E-state index >= 15 is 0 Å². The molecule has 1 atom stereocenters. The summed E-state index contributed by atoms with van der Waals surface area (Å²) in [5, 5.41) is 7.01. The fourth-order valence-electron chi connectivity index (χ4n) is 2.26. The molecular formula is C16H18N6O2. The van der Waals surface area contributed by atoms with Crippen molar-refractivity contribution in [3.05, 3.63) is 48.2 Å². The van der Waals surface area contributed by atoms with Crippen LogP contribution in [0, 0.1) is 0 Å². The number of methoxy groups -OCH3 is 1. The zero-order valence-corrected chi connectivity index (χ0v) is 13.4. The van der Waals surface area contributed by atoms with Crippen molar-refractivity contribution < 1.29 is 9.47 Å². The summed E-state index contributed by atoms with van der Waals surface area (Å²) in [5.41, 5.74) is 7.71. The molecule has 0 fully saturated rings. The van der Waals surface area contributed by atoms with Gasteiger partial charge in [-0.15, -0.1) is 0 Å². The normalized spacial score (nSPS) is 12.0. The van der Waals surface area contributed by atoms with Gasteiger partial charge in [0, 0.05) is 12.4 Å². The number of H-pyrrole nitrogens is 1. The van der Waals surface area contributed by atoms with Crippen LogP contribution in [0.25, 0.3) is 11.5 Å². The van der Waals surface area contributed by atoms with E-state index < -0.39 is 6.04 Å². The van der Waals surface area contributed by atoms with Gasteiger partial charge >= 0.3 is 0 Å². The van der Waals surface area contributed by atoms with Gasteiger partial charge in [-0.25, -0.2) is 9.97 Å². The first-order valence-corrected chi connectivity index (χ1v) is 7.48. The average molecular weight is 326 g/mol. The lowest BCUT2D eigenvalue weighted by Gasteiger charge is -2.14. The molecule has 2 heterocycles. The highest BCUT2D eigenvalue weighted by Gasteiger charge is 2.17. The van der Waals surface area contributed by atoms with Gasteiger partial charge in [-0.2, -0.15) is 5.10 Å². The zero-order chi connectivity index (χ0) is 16.9. The van der Waals surface area contributed by atoms with Crippen LogP contribution in [0.3, 0.4) is 0 Å². The van der Waals surface area contributed by atoms with Gasteiger partial charge in [0.2, 0.25) is 5.82 Å². The van der Waals surface area contributed by atoms with E-state index in [0.717, 1.165) is 5.56 Å². The Labute approximate surface area is 139 Å². The van der Waals surface area contributed by atoms with Gasteiger partial charge < -0.3 is 15.2 Å². The maximum atomic E-state index is 6.30. The van der Waals surface area contributed by atoms with Crippen molar-refractivity contribution in [2.75, 3.05) is 13.7 Å². The number of aromatic nitrogens is 5. The third kappa shape index (κ3) is 3.18. The third-order valence-electron chi connectivity index (χ3n) is 3.44. The van der Waals surface area contributed by atoms with E-state index in [4.69, 9.17) is 15.2 Å². The van der Waals surface area contributed by atoms with Crippen LogP contribution in [0.1, 0.15) is 24.4 Å². The summed E-state index contributed by atoms with van der Waals surface area (Å²) >= 11 is 0. The first kappa shape index (κ1) is 15.9. The number of nitrogens with one attached hydrogen (secondary N) is 1. The maximum absolute atomic E-state index is 6.30. The Morgan fingerprint density at radius 1 is 1.25 bits per heavy atom. The van der Waals surface area contributed by atoms with Crippen LogP contribution in [0.5, 0.6) is 11.5 Å². The van der Waals surface area contributed by atoms with Crippen LogP contribution in [0.4, 0.5) is 0 Å². The highest BCUT2D eigenvalue weighted by atomic mass is 16.5. The molecule has 0 aliphatic heterocycles. The Hall–Kier alpha value is -3.00. The van der Waals surface area contributed by atoms with Crippen molar-refractivity contribution in [2.24, 2.45) is 5.73 Å². The number of nitrogens with zero attached hydrogens (tertiary/aromatic N) is 4. The monoisotopic (exact) mass is 326 g/mol. The van der Waals surface area contributed by atoms with E-state index in [2.05, 4.69) is 25.1 Å². The number of nitrogens with two attached hydrogens (primary N) is 1. The number of benzene rings is 1. The third-order valence-corrected chi connectivity index (χ3v) is 3.44. The van der Waals surface area contributed by atoms with Crippen molar-refractivity contribution in [1.82, 2.24) is 25.1 Å². The second kappa shape index (κ2) is 7.05. The van der Waals surface area contributed by atoms with Crippen molar-refractivity contribution in [3.8, 4) is 23.0 Å². The van der Waals surface area contributed by atoms with Crippen LogP contribution in [-0.2, 0) is 0 Å². The number of hydrogen-bond donors (Lipinski definition) is 2. The van der Waals surface area contributed by atoms with E-state index in [1.165, 1.54) is 0 Å². The summed E-state index contributed by atoms with van der Waals surface area (Å²) in [6, 6.07) is 5.06. The Kier molecular flexibility index (Phi) is 4.66. The lowest BCUT2D eigenvalue weighted by atomic mass is 10.1. The molecule has 0 radical (unpaired) electrons. The van der Waals surface area contributed by atoms with Crippen molar-refractivity contribution in [3.63, 3.8) is 0 Å². The largest absolute Gasteiger partial charge is 0.493 e. The second-order valence-electron chi connectivity index (χ2n) is 4.96. The molecule has 0 saturated heterocycles. The predicted octanol–water partition coefficient (Wildman–Crippen LogP) is 1.72. The van der Waals surface area contributed by atoms with Gasteiger partial charge in [0.1, 0.15) is 11.5 Å². The quantitative estimate of drug-likeness (QED) is 0.709. The van der Waals surface area contributed by atoms with Crippen LogP contribution < -0.4 is 15.2 Å². The summed E-state index contributed by atoms with van der Waals surface area (Å²) in [6.07, 6.45) is 4.78. The lowest BCUT2D eigenvalue weighted by molar-refractivity contribution is 0.310. The predicted molar refractivity (Wildman–Crippen MR) is 87.6 cm³/mol. The van der Waals surface area contributed by atoms with Gasteiger partial charge in [-0.1, -0.05) is 6.07 Å². The van der Waals surface area contributed by atoms with Crippen LogP contribution in [0.15, 0.2) is 36.8 Å². The molecule has 3 N–H and O–H groups in total. The summed E-state index contributed by atoms with van der Waals surface area (Å²) < 4.78 is 10.9. The second-order valence-corrected chi connectivity index (χ2v) is 4.96. The first-order valence-electron chi connectivity index (χ1n) is 7.48. The van der Waals surface area contributed by atoms with Gasteiger partial charge in [0.05, 0.1) is 26.0 Å². The fraction of sp³-hybridized carbons (Fsp3) is 0.250. The van der Waals surface area contributed by atoms with Crippen molar-refractivity contribution in [2.45, 2.75) is 13.0 Å². The molecule has 0 spiro atoms. The number of rotatable bonds is 6.